The van der Waals surface area contributed by atoms with E-state index in [9.17, 15) is 4.79 Å². The van der Waals surface area contributed by atoms with Crippen molar-refractivity contribution in [1.29, 1.82) is 0 Å². The van der Waals surface area contributed by atoms with Crippen molar-refractivity contribution in [1.82, 2.24) is 15.5 Å². The number of rotatable bonds is 8. The Kier molecular flexibility index (Phi) is 7.24. The summed E-state index contributed by atoms with van der Waals surface area (Å²) in [4.78, 5) is 14.2. The number of amides is 1. The van der Waals surface area contributed by atoms with Gasteiger partial charge >= 0.3 is 0 Å². The first-order valence-corrected chi connectivity index (χ1v) is 9.49. The molecule has 0 saturated carbocycles. The summed E-state index contributed by atoms with van der Waals surface area (Å²) in [7, 11) is 0. The molecule has 2 N–H and O–H groups in total. The number of nitrogens with one attached hydrogen (secondary N) is 2. The van der Waals surface area contributed by atoms with E-state index in [0.29, 0.717) is 36.8 Å². The van der Waals surface area contributed by atoms with E-state index in [4.69, 9.17) is 16.3 Å². The third-order valence-electron chi connectivity index (χ3n) is 4.30. The van der Waals surface area contributed by atoms with E-state index in [2.05, 4.69) is 25.7 Å². The fourth-order valence-electron chi connectivity index (χ4n) is 2.87. The van der Waals surface area contributed by atoms with Gasteiger partial charge in [0.2, 0.25) is 5.91 Å². The van der Waals surface area contributed by atoms with E-state index in [1.807, 2.05) is 30.3 Å². The summed E-state index contributed by atoms with van der Waals surface area (Å²) in [5.41, 5.74) is 2.09. The van der Waals surface area contributed by atoms with E-state index in [1.54, 1.807) is 6.20 Å². The summed E-state index contributed by atoms with van der Waals surface area (Å²) in [5, 5.41) is 14.9. The van der Waals surface area contributed by atoms with E-state index in [1.165, 1.54) is 0 Å². The Morgan fingerprint density at radius 2 is 2.07 bits per heavy atom. The minimum Gasteiger partial charge on any atom is -0.378 e. The minimum atomic E-state index is 0.0185. The van der Waals surface area contributed by atoms with Crippen LogP contribution in [0.25, 0.3) is 0 Å². The second-order valence-corrected chi connectivity index (χ2v) is 6.74. The Balaban J connectivity index is 1.36. The van der Waals surface area contributed by atoms with Crippen molar-refractivity contribution in [3.8, 4) is 0 Å². The highest BCUT2D eigenvalue weighted by Crippen LogP contribution is 2.17. The quantitative estimate of drug-likeness (QED) is 0.673. The number of anilines is 2. The molecule has 0 spiro atoms. The molecule has 3 rings (SSSR count). The van der Waals surface area contributed by atoms with Gasteiger partial charge in [0.25, 0.3) is 0 Å². The Morgan fingerprint density at radius 3 is 2.89 bits per heavy atom. The molecule has 0 bridgehead atoms. The lowest BCUT2D eigenvalue weighted by atomic mass is 10.1. The van der Waals surface area contributed by atoms with Crippen LogP contribution >= 0.6 is 11.6 Å². The lowest BCUT2D eigenvalue weighted by Crippen LogP contribution is -2.36. The van der Waals surface area contributed by atoms with Crippen molar-refractivity contribution in [2.75, 3.05) is 49.6 Å². The van der Waals surface area contributed by atoms with Crippen LogP contribution in [0.3, 0.4) is 0 Å². The maximum Gasteiger partial charge on any atom is 0.220 e. The first kappa shape index (κ1) is 19.4. The highest BCUT2D eigenvalue weighted by atomic mass is 35.5. The fraction of sp³-hybridized carbons (Fsp3) is 0.421. The van der Waals surface area contributed by atoms with Crippen LogP contribution in [-0.4, -0.2) is 55.5 Å². The summed E-state index contributed by atoms with van der Waals surface area (Å²) in [5.74, 6) is 0.720. The second-order valence-electron chi connectivity index (χ2n) is 6.31. The topological polar surface area (TPSA) is 79.4 Å². The number of nitrogens with zero attached hydrogens (tertiary/aromatic N) is 3. The van der Waals surface area contributed by atoms with E-state index in [0.717, 1.165) is 37.6 Å². The van der Waals surface area contributed by atoms with Crippen LogP contribution in [0.15, 0.2) is 36.5 Å². The zero-order valence-corrected chi connectivity index (χ0v) is 15.9. The largest absolute Gasteiger partial charge is 0.378 e. The maximum absolute atomic E-state index is 12.0. The van der Waals surface area contributed by atoms with Crippen LogP contribution in [0.5, 0.6) is 0 Å². The van der Waals surface area contributed by atoms with Gasteiger partial charge in [0.15, 0.2) is 5.82 Å². The highest BCUT2D eigenvalue weighted by molar-refractivity contribution is 6.30. The zero-order valence-electron chi connectivity index (χ0n) is 15.2. The lowest BCUT2D eigenvalue weighted by Gasteiger charge is -2.28. The van der Waals surface area contributed by atoms with Gasteiger partial charge in [-0.3, -0.25) is 4.79 Å². The third-order valence-corrected chi connectivity index (χ3v) is 4.53. The molecular weight excluding hydrogens is 366 g/mol. The Labute approximate surface area is 164 Å². The molecule has 1 aliphatic rings. The first-order valence-electron chi connectivity index (χ1n) is 9.11. The molecule has 2 aromatic rings. The van der Waals surface area contributed by atoms with Crippen molar-refractivity contribution in [3.63, 3.8) is 0 Å². The molecule has 1 aromatic carbocycles. The number of benzene rings is 1. The van der Waals surface area contributed by atoms with Gasteiger partial charge in [-0.2, -0.15) is 5.10 Å². The number of aromatic nitrogens is 2. The minimum absolute atomic E-state index is 0.0185. The Bertz CT molecular complexity index is 752. The van der Waals surface area contributed by atoms with Gasteiger partial charge in [0, 0.05) is 43.7 Å². The molecule has 0 radical (unpaired) electrons. The summed E-state index contributed by atoms with van der Waals surface area (Å²) in [6, 6.07) is 9.55. The van der Waals surface area contributed by atoms with E-state index < -0.39 is 0 Å². The predicted molar refractivity (Wildman–Crippen MR) is 106 cm³/mol. The van der Waals surface area contributed by atoms with Crippen molar-refractivity contribution in [3.05, 3.63) is 47.1 Å². The van der Waals surface area contributed by atoms with Gasteiger partial charge in [-0.05, 0) is 24.1 Å². The van der Waals surface area contributed by atoms with Crippen molar-refractivity contribution in [2.24, 2.45) is 0 Å². The van der Waals surface area contributed by atoms with Gasteiger partial charge in [0.05, 0.1) is 25.1 Å². The Morgan fingerprint density at radius 1 is 1.22 bits per heavy atom. The average Bonchev–Trinajstić information content (AvgIpc) is 2.71. The number of halogens is 1. The van der Waals surface area contributed by atoms with Crippen LogP contribution in [0.4, 0.5) is 11.5 Å². The van der Waals surface area contributed by atoms with Gasteiger partial charge in [0.1, 0.15) is 0 Å². The van der Waals surface area contributed by atoms with Gasteiger partial charge < -0.3 is 20.3 Å². The van der Waals surface area contributed by atoms with Gasteiger partial charge in [-0.15, -0.1) is 5.10 Å². The summed E-state index contributed by atoms with van der Waals surface area (Å²) >= 11 is 5.95. The lowest BCUT2D eigenvalue weighted by molar-refractivity contribution is -0.120. The molecule has 1 saturated heterocycles. The summed E-state index contributed by atoms with van der Waals surface area (Å²) < 4.78 is 5.37. The molecule has 1 amide bonds. The molecule has 144 valence electrons. The highest BCUT2D eigenvalue weighted by Gasteiger charge is 2.12. The standard InChI is InChI=1S/C19H24ClN5O2/c20-16-3-1-2-15(12-16)4-5-19(26)22-7-6-21-18-13-17(14-23-24-18)25-8-10-27-11-9-25/h1-3,12-14H,4-11H2,(H,21,24)(H,22,26). The first-order chi connectivity index (χ1) is 13.2. The van der Waals surface area contributed by atoms with Crippen LogP contribution in [0.2, 0.25) is 5.02 Å². The SMILES string of the molecule is O=C(CCc1cccc(Cl)c1)NCCNc1cc(N2CCOCC2)cnn1. The number of morpholine rings is 1. The smallest absolute Gasteiger partial charge is 0.220 e. The number of ether oxygens (including phenoxy) is 1. The zero-order chi connectivity index (χ0) is 18.9. The molecule has 8 heteroatoms. The second kappa shape index (κ2) is 10.1. The van der Waals surface area contributed by atoms with Crippen LogP contribution < -0.4 is 15.5 Å². The van der Waals surface area contributed by atoms with Crippen molar-refractivity contribution in [2.45, 2.75) is 12.8 Å². The predicted octanol–water partition coefficient (Wildman–Crippen LogP) is 2.13. The fourth-order valence-corrected chi connectivity index (χ4v) is 3.08. The van der Waals surface area contributed by atoms with Gasteiger partial charge in [-0.25, -0.2) is 0 Å². The third kappa shape index (κ3) is 6.37. The van der Waals surface area contributed by atoms with E-state index in [-0.39, 0.29) is 5.91 Å². The van der Waals surface area contributed by atoms with Crippen molar-refractivity contribution < 1.29 is 9.53 Å². The normalized spacial score (nSPS) is 14.0. The van der Waals surface area contributed by atoms with Crippen LogP contribution in [0, 0.1) is 0 Å². The summed E-state index contributed by atoms with van der Waals surface area (Å²) in [6.07, 6.45) is 2.87. The number of hydrogen-bond donors (Lipinski definition) is 2. The molecule has 1 fully saturated rings. The summed E-state index contributed by atoms with van der Waals surface area (Å²) in [6.45, 7) is 4.28. The van der Waals surface area contributed by atoms with E-state index >= 15 is 0 Å². The number of aryl methyl sites for hydroxylation is 1. The molecule has 1 aliphatic heterocycles. The number of carbonyl (C=O) groups excluding carboxylic acids is 1. The average molecular weight is 390 g/mol. The molecule has 1 aromatic heterocycles. The molecule has 2 heterocycles. The monoisotopic (exact) mass is 389 g/mol. The molecular formula is C19H24ClN5O2. The molecule has 0 aliphatic carbocycles. The molecule has 7 nitrogen and oxygen atoms in total. The molecule has 0 unspecified atom stereocenters. The Hall–Kier alpha value is -2.38. The van der Waals surface area contributed by atoms with Gasteiger partial charge in [-0.1, -0.05) is 23.7 Å². The number of hydrogen-bond acceptors (Lipinski definition) is 6. The number of carbonyl (C=O) groups is 1. The molecule has 27 heavy (non-hydrogen) atoms. The molecule has 0 atom stereocenters. The van der Waals surface area contributed by atoms with Crippen LogP contribution in [0.1, 0.15) is 12.0 Å². The van der Waals surface area contributed by atoms with Crippen molar-refractivity contribution >= 4 is 29.0 Å². The van der Waals surface area contributed by atoms with Crippen LogP contribution in [-0.2, 0) is 16.0 Å². The maximum atomic E-state index is 12.0.